The molecule has 1 aromatic rings. The predicted octanol–water partition coefficient (Wildman–Crippen LogP) is 4.87. The molecular formula is C15H20BrNO4. The first-order valence-corrected chi connectivity index (χ1v) is 7.96. The van der Waals surface area contributed by atoms with Crippen molar-refractivity contribution in [1.82, 2.24) is 0 Å². The summed E-state index contributed by atoms with van der Waals surface area (Å²) in [7, 11) is 0. The fourth-order valence-electron chi connectivity index (χ4n) is 1.91. The van der Waals surface area contributed by atoms with E-state index in [0.717, 1.165) is 19.3 Å². The van der Waals surface area contributed by atoms with E-state index in [4.69, 9.17) is 4.74 Å². The van der Waals surface area contributed by atoms with E-state index in [0.29, 0.717) is 11.1 Å². The maximum absolute atomic E-state index is 11.8. The van der Waals surface area contributed by atoms with Gasteiger partial charge < -0.3 is 4.74 Å². The zero-order chi connectivity index (χ0) is 15.7. The Morgan fingerprint density at radius 2 is 1.90 bits per heavy atom. The van der Waals surface area contributed by atoms with Gasteiger partial charge in [0, 0.05) is 6.07 Å². The van der Waals surface area contributed by atoms with Crippen molar-refractivity contribution in [3.63, 3.8) is 0 Å². The number of unbranched alkanes of at least 4 members (excludes halogenated alkanes) is 5. The Bertz CT molecular complexity index is 491. The Morgan fingerprint density at radius 1 is 1.24 bits per heavy atom. The number of ether oxygens (including phenoxy) is 1. The molecule has 0 fully saturated rings. The highest BCUT2D eigenvalue weighted by molar-refractivity contribution is 9.10. The van der Waals surface area contributed by atoms with E-state index in [-0.39, 0.29) is 11.3 Å². The minimum atomic E-state index is -0.533. The molecule has 0 aliphatic rings. The van der Waals surface area contributed by atoms with Crippen molar-refractivity contribution in [3.05, 3.63) is 38.3 Å². The summed E-state index contributed by atoms with van der Waals surface area (Å²) in [5.41, 5.74) is 0.0694. The number of carbonyl (C=O) groups excluding carboxylic acids is 1. The van der Waals surface area contributed by atoms with Crippen molar-refractivity contribution in [2.24, 2.45) is 0 Å². The van der Waals surface area contributed by atoms with Gasteiger partial charge in [-0.1, -0.05) is 39.0 Å². The number of nitrogens with zero attached hydrogens (tertiary/aromatic N) is 1. The van der Waals surface area contributed by atoms with Gasteiger partial charge in [0.15, 0.2) is 0 Å². The molecule has 1 rings (SSSR count). The zero-order valence-corrected chi connectivity index (χ0v) is 13.7. The molecule has 0 unspecified atom stereocenters. The normalized spacial score (nSPS) is 10.4. The van der Waals surface area contributed by atoms with Crippen molar-refractivity contribution in [2.75, 3.05) is 6.61 Å². The minimum absolute atomic E-state index is 0.135. The van der Waals surface area contributed by atoms with Gasteiger partial charge in [0.25, 0.3) is 5.69 Å². The maximum Gasteiger partial charge on any atom is 0.338 e. The molecule has 0 saturated heterocycles. The molecule has 21 heavy (non-hydrogen) atoms. The summed E-state index contributed by atoms with van der Waals surface area (Å²) >= 11 is 3.08. The second-order valence-electron chi connectivity index (χ2n) is 4.83. The molecular weight excluding hydrogens is 338 g/mol. The molecule has 0 spiro atoms. The Balaban J connectivity index is 2.39. The van der Waals surface area contributed by atoms with Crippen LogP contribution >= 0.6 is 15.9 Å². The number of nitro benzene ring substituents is 1. The van der Waals surface area contributed by atoms with E-state index in [9.17, 15) is 14.9 Å². The average molecular weight is 358 g/mol. The van der Waals surface area contributed by atoms with Gasteiger partial charge in [0.2, 0.25) is 0 Å². The lowest BCUT2D eigenvalue weighted by Gasteiger charge is -2.05. The molecule has 0 aliphatic heterocycles. The number of hydrogen-bond acceptors (Lipinski definition) is 4. The smallest absolute Gasteiger partial charge is 0.338 e. The summed E-state index contributed by atoms with van der Waals surface area (Å²) < 4.78 is 5.48. The summed E-state index contributed by atoms with van der Waals surface area (Å²) in [6.07, 6.45) is 6.67. The van der Waals surface area contributed by atoms with Gasteiger partial charge in [0.1, 0.15) is 0 Å². The molecule has 0 radical (unpaired) electrons. The number of carbonyl (C=O) groups is 1. The van der Waals surface area contributed by atoms with E-state index in [1.54, 1.807) is 0 Å². The molecule has 6 heteroatoms. The van der Waals surface area contributed by atoms with Crippen LogP contribution in [0.25, 0.3) is 0 Å². The SMILES string of the molecule is CCCCCCCCOC(=O)c1ccc(Br)c([N+](=O)[O-])c1. The lowest BCUT2D eigenvalue weighted by atomic mass is 10.1. The Morgan fingerprint density at radius 3 is 2.57 bits per heavy atom. The third-order valence-corrected chi connectivity index (χ3v) is 3.78. The van der Waals surface area contributed by atoms with Gasteiger partial charge in [-0.2, -0.15) is 0 Å². The van der Waals surface area contributed by atoms with Crippen molar-refractivity contribution in [1.29, 1.82) is 0 Å². The van der Waals surface area contributed by atoms with Crippen LogP contribution in [0.15, 0.2) is 22.7 Å². The Hall–Kier alpha value is -1.43. The lowest BCUT2D eigenvalue weighted by molar-refractivity contribution is -0.385. The monoisotopic (exact) mass is 357 g/mol. The summed E-state index contributed by atoms with van der Waals surface area (Å²) in [6, 6.07) is 4.23. The quantitative estimate of drug-likeness (QED) is 0.273. The summed E-state index contributed by atoms with van der Waals surface area (Å²) in [4.78, 5) is 22.1. The van der Waals surface area contributed by atoms with Crippen molar-refractivity contribution in [2.45, 2.75) is 45.4 Å². The number of rotatable bonds is 9. The lowest BCUT2D eigenvalue weighted by Crippen LogP contribution is -2.07. The standard InChI is InChI=1S/C15H20BrNO4/c1-2-3-4-5-6-7-10-21-15(18)12-8-9-13(16)14(11-12)17(19)20/h8-9,11H,2-7,10H2,1H3. The zero-order valence-electron chi connectivity index (χ0n) is 12.1. The second kappa shape index (κ2) is 9.50. The minimum Gasteiger partial charge on any atom is -0.462 e. The van der Waals surface area contributed by atoms with Gasteiger partial charge in [-0.25, -0.2) is 4.79 Å². The van der Waals surface area contributed by atoms with Crippen molar-refractivity contribution < 1.29 is 14.5 Å². The molecule has 0 saturated carbocycles. The van der Waals surface area contributed by atoms with E-state index < -0.39 is 10.9 Å². The largest absolute Gasteiger partial charge is 0.462 e. The third kappa shape index (κ3) is 6.25. The highest BCUT2D eigenvalue weighted by Crippen LogP contribution is 2.25. The van der Waals surface area contributed by atoms with Crippen LogP contribution in [0.3, 0.4) is 0 Å². The van der Waals surface area contributed by atoms with E-state index in [1.807, 2.05) is 0 Å². The molecule has 0 bridgehead atoms. The molecule has 0 N–H and O–H groups in total. The number of benzene rings is 1. The van der Waals surface area contributed by atoms with Crippen LogP contribution in [0.2, 0.25) is 0 Å². The summed E-state index contributed by atoms with van der Waals surface area (Å²) in [5, 5.41) is 10.8. The summed E-state index contributed by atoms with van der Waals surface area (Å²) in [5.74, 6) is -0.515. The highest BCUT2D eigenvalue weighted by atomic mass is 79.9. The van der Waals surface area contributed by atoms with Crippen LogP contribution in [0.5, 0.6) is 0 Å². The first-order chi connectivity index (χ1) is 10.1. The Labute approximate surface area is 133 Å². The van der Waals surface area contributed by atoms with E-state index >= 15 is 0 Å². The molecule has 1 aromatic carbocycles. The van der Waals surface area contributed by atoms with Crippen LogP contribution in [-0.2, 0) is 4.74 Å². The van der Waals surface area contributed by atoms with E-state index in [1.165, 1.54) is 37.5 Å². The average Bonchev–Trinajstić information content (AvgIpc) is 2.46. The predicted molar refractivity (Wildman–Crippen MR) is 84.5 cm³/mol. The Kier molecular flexibility index (Phi) is 7.97. The summed E-state index contributed by atoms with van der Waals surface area (Å²) in [6.45, 7) is 2.52. The number of hydrogen-bond donors (Lipinski definition) is 0. The van der Waals surface area contributed by atoms with Gasteiger partial charge in [-0.3, -0.25) is 10.1 Å². The number of halogens is 1. The molecule has 0 aliphatic carbocycles. The first kappa shape index (κ1) is 17.6. The highest BCUT2D eigenvalue weighted by Gasteiger charge is 2.16. The molecule has 116 valence electrons. The number of esters is 1. The molecule has 0 amide bonds. The number of nitro groups is 1. The van der Waals surface area contributed by atoms with Gasteiger partial charge in [-0.15, -0.1) is 0 Å². The van der Waals surface area contributed by atoms with Gasteiger partial charge in [0.05, 0.1) is 21.6 Å². The van der Waals surface area contributed by atoms with Crippen molar-refractivity contribution >= 4 is 27.6 Å². The molecule has 0 atom stereocenters. The van der Waals surface area contributed by atoms with Crippen LogP contribution < -0.4 is 0 Å². The fourth-order valence-corrected chi connectivity index (χ4v) is 2.30. The molecule has 5 nitrogen and oxygen atoms in total. The second-order valence-corrected chi connectivity index (χ2v) is 5.68. The van der Waals surface area contributed by atoms with Gasteiger partial charge >= 0.3 is 5.97 Å². The van der Waals surface area contributed by atoms with Crippen LogP contribution in [0.1, 0.15) is 55.8 Å². The van der Waals surface area contributed by atoms with Crippen molar-refractivity contribution in [3.8, 4) is 0 Å². The molecule has 0 heterocycles. The first-order valence-electron chi connectivity index (χ1n) is 7.17. The van der Waals surface area contributed by atoms with E-state index in [2.05, 4.69) is 22.9 Å². The topological polar surface area (TPSA) is 69.4 Å². The van der Waals surface area contributed by atoms with Crippen LogP contribution in [-0.4, -0.2) is 17.5 Å². The third-order valence-electron chi connectivity index (χ3n) is 3.11. The van der Waals surface area contributed by atoms with Gasteiger partial charge in [-0.05, 0) is 34.5 Å². The van der Waals surface area contributed by atoms with Crippen LogP contribution in [0.4, 0.5) is 5.69 Å². The molecule has 0 aromatic heterocycles. The van der Waals surface area contributed by atoms with Crippen LogP contribution in [0, 0.1) is 10.1 Å². The maximum atomic E-state index is 11.8. The fraction of sp³-hybridized carbons (Fsp3) is 0.533.